The molecule has 1 saturated carbocycles. The average molecular weight is 573 g/mol. The van der Waals surface area contributed by atoms with Crippen molar-refractivity contribution in [2.24, 2.45) is 0 Å². The molecule has 5 rings (SSSR count). The SMILES string of the molecule is COc1c(Cl)cccc1CN(C(=O)C1=C(c2cccc(-c3ccccc3)c2)CCN(C(=O)OC(C)(C)C)C1)C1CC1. The van der Waals surface area contributed by atoms with Crippen molar-refractivity contribution in [2.75, 3.05) is 20.2 Å². The third-order valence-electron chi connectivity index (χ3n) is 7.41. The highest BCUT2D eigenvalue weighted by Crippen LogP contribution is 2.37. The molecule has 41 heavy (non-hydrogen) atoms. The molecule has 0 saturated heterocycles. The maximum absolute atomic E-state index is 14.5. The Kier molecular flexibility index (Phi) is 8.41. The third kappa shape index (κ3) is 6.76. The monoisotopic (exact) mass is 572 g/mol. The molecular formula is C34H37ClN2O4. The maximum Gasteiger partial charge on any atom is 0.410 e. The van der Waals surface area contributed by atoms with Gasteiger partial charge < -0.3 is 19.3 Å². The molecule has 3 aromatic rings. The number of methoxy groups -OCH3 is 1. The van der Waals surface area contributed by atoms with Crippen LogP contribution in [0.2, 0.25) is 5.02 Å². The molecule has 0 atom stereocenters. The van der Waals surface area contributed by atoms with E-state index in [4.69, 9.17) is 21.1 Å². The summed E-state index contributed by atoms with van der Waals surface area (Å²) in [6, 6.07) is 24.3. The fourth-order valence-corrected chi connectivity index (χ4v) is 5.57. The fraction of sp³-hybridized carbons (Fsp3) is 0.353. The van der Waals surface area contributed by atoms with Gasteiger partial charge in [0.15, 0.2) is 0 Å². The summed E-state index contributed by atoms with van der Waals surface area (Å²) in [5.41, 5.74) is 5.01. The predicted octanol–water partition coefficient (Wildman–Crippen LogP) is 7.60. The third-order valence-corrected chi connectivity index (χ3v) is 7.71. The number of rotatable bonds is 7. The number of para-hydroxylation sites is 1. The Morgan fingerprint density at radius 3 is 2.32 bits per heavy atom. The van der Waals surface area contributed by atoms with Crippen molar-refractivity contribution in [1.29, 1.82) is 0 Å². The Labute approximate surface area is 247 Å². The molecule has 0 radical (unpaired) electrons. The highest BCUT2D eigenvalue weighted by atomic mass is 35.5. The number of hydrogen-bond donors (Lipinski definition) is 0. The van der Waals surface area contributed by atoms with E-state index in [1.54, 1.807) is 18.1 Å². The molecule has 1 heterocycles. The zero-order chi connectivity index (χ0) is 29.1. The van der Waals surface area contributed by atoms with E-state index in [9.17, 15) is 9.59 Å². The van der Waals surface area contributed by atoms with Gasteiger partial charge in [0.25, 0.3) is 5.91 Å². The van der Waals surface area contributed by atoms with Gasteiger partial charge in [-0.3, -0.25) is 4.79 Å². The summed E-state index contributed by atoms with van der Waals surface area (Å²) in [6.07, 6.45) is 2.03. The van der Waals surface area contributed by atoms with Crippen LogP contribution in [-0.4, -0.2) is 53.6 Å². The van der Waals surface area contributed by atoms with Gasteiger partial charge >= 0.3 is 6.09 Å². The Morgan fingerprint density at radius 1 is 0.951 bits per heavy atom. The molecule has 0 spiro atoms. The minimum absolute atomic E-state index is 0.0668. The van der Waals surface area contributed by atoms with Crippen LogP contribution in [0.25, 0.3) is 16.7 Å². The molecule has 1 fully saturated rings. The highest BCUT2D eigenvalue weighted by Gasteiger charge is 2.38. The second kappa shape index (κ2) is 12.0. The van der Waals surface area contributed by atoms with Gasteiger partial charge in [-0.05, 0) is 74.4 Å². The van der Waals surface area contributed by atoms with E-state index in [1.807, 2.05) is 62.1 Å². The van der Waals surface area contributed by atoms with Gasteiger partial charge in [0.05, 0.1) is 18.7 Å². The van der Waals surface area contributed by atoms with Crippen LogP contribution in [0.1, 0.15) is 51.2 Å². The predicted molar refractivity (Wildman–Crippen MR) is 163 cm³/mol. The van der Waals surface area contributed by atoms with Gasteiger partial charge in [-0.15, -0.1) is 0 Å². The van der Waals surface area contributed by atoms with Crippen LogP contribution in [0.15, 0.2) is 78.4 Å². The molecule has 1 aliphatic carbocycles. The van der Waals surface area contributed by atoms with Gasteiger partial charge in [-0.2, -0.15) is 0 Å². The lowest BCUT2D eigenvalue weighted by atomic mass is 9.90. The molecule has 214 valence electrons. The van der Waals surface area contributed by atoms with Gasteiger partial charge in [0.1, 0.15) is 11.4 Å². The number of carbonyl (C=O) groups is 2. The van der Waals surface area contributed by atoms with E-state index in [0.29, 0.717) is 35.9 Å². The van der Waals surface area contributed by atoms with E-state index in [0.717, 1.165) is 40.7 Å². The fourth-order valence-electron chi connectivity index (χ4n) is 5.29. The number of carbonyl (C=O) groups excluding carboxylic acids is 2. The molecule has 0 unspecified atom stereocenters. The summed E-state index contributed by atoms with van der Waals surface area (Å²) < 4.78 is 11.3. The van der Waals surface area contributed by atoms with Crippen molar-refractivity contribution in [3.05, 3.63) is 94.5 Å². The second-order valence-corrected chi connectivity index (χ2v) is 12.1. The van der Waals surface area contributed by atoms with Crippen molar-refractivity contribution in [1.82, 2.24) is 9.80 Å². The number of nitrogens with zero attached hydrogens (tertiary/aromatic N) is 2. The van der Waals surface area contributed by atoms with Gasteiger partial charge in [0.2, 0.25) is 0 Å². The van der Waals surface area contributed by atoms with E-state index in [2.05, 4.69) is 30.3 Å². The number of hydrogen-bond acceptors (Lipinski definition) is 4. The van der Waals surface area contributed by atoms with Crippen molar-refractivity contribution in [2.45, 2.75) is 58.2 Å². The first-order valence-corrected chi connectivity index (χ1v) is 14.5. The van der Waals surface area contributed by atoms with Crippen LogP contribution in [-0.2, 0) is 16.1 Å². The second-order valence-electron chi connectivity index (χ2n) is 11.7. The molecule has 0 bridgehead atoms. The van der Waals surface area contributed by atoms with Crippen LogP contribution in [0.3, 0.4) is 0 Å². The zero-order valence-electron chi connectivity index (χ0n) is 24.2. The quantitative estimate of drug-likeness (QED) is 0.292. The van der Waals surface area contributed by atoms with Crippen molar-refractivity contribution in [3.63, 3.8) is 0 Å². The molecule has 7 heteroatoms. The van der Waals surface area contributed by atoms with Gasteiger partial charge in [0, 0.05) is 30.3 Å². The van der Waals surface area contributed by atoms with Crippen molar-refractivity contribution >= 4 is 29.2 Å². The molecule has 1 aliphatic heterocycles. The lowest BCUT2D eigenvalue weighted by molar-refractivity contribution is -0.128. The number of ether oxygens (including phenoxy) is 2. The Hall–Kier alpha value is -3.77. The van der Waals surface area contributed by atoms with Gasteiger partial charge in [-0.1, -0.05) is 72.3 Å². The van der Waals surface area contributed by atoms with Crippen molar-refractivity contribution < 1.29 is 19.1 Å². The average Bonchev–Trinajstić information content (AvgIpc) is 3.80. The van der Waals surface area contributed by atoms with Crippen LogP contribution in [0.4, 0.5) is 4.79 Å². The van der Waals surface area contributed by atoms with E-state index in [-0.39, 0.29) is 18.5 Å². The summed E-state index contributed by atoms with van der Waals surface area (Å²) >= 11 is 6.42. The highest BCUT2D eigenvalue weighted by molar-refractivity contribution is 6.32. The Bertz CT molecular complexity index is 1460. The number of halogens is 1. The lowest BCUT2D eigenvalue weighted by Crippen LogP contribution is -2.44. The molecule has 6 nitrogen and oxygen atoms in total. The molecule has 0 N–H and O–H groups in total. The van der Waals surface area contributed by atoms with E-state index >= 15 is 0 Å². The molecule has 3 aromatic carbocycles. The first-order valence-electron chi connectivity index (χ1n) is 14.1. The topological polar surface area (TPSA) is 59.1 Å². The Morgan fingerprint density at radius 2 is 1.63 bits per heavy atom. The number of amides is 2. The van der Waals surface area contributed by atoms with Crippen LogP contribution < -0.4 is 4.74 Å². The normalized spacial score (nSPS) is 15.5. The molecule has 2 amide bonds. The Balaban J connectivity index is 1.54. The molecule has 0 aromatic heterocycles. The van der Waals surface area contributed by atoms with Crippen LogP contribution in [0, 0.1) is 0 Å². The summed E-state index contributed by atoms with van der Waals surface area (Å²) in [6.45, 7) is 6.59. The summed E-state index contributed by atoms with van der Waals surface area (Å²) in [7, 11) is 1.59. The first kappa shape index (κ1) is 28.7. The zero-order valence-corrected chi connectivity index (χ0v) is 24.9. The van der Waals surface area contributed by atoms with Crippen LogP contribution >= 0.6 is 11.6 Å². The first-order chi connectivity index (χ1) is 19.6. The smallest absolute Gasteiger partial charge is 0.410 e. The van der Waals surface area contributed by atoms with E-state index in [1.165, 1.54) is 0 Å². The standard InChI is InChI=1S/C34H37ClN2O4/c1-34(2,3)41-33(39)36-19-18-28(25-13-8-12-24(20-25)23-10-6-5-7-11-23)29(22-36)32(38)37(27-16-17-27)21-26-14-9-15-30(35)31(26)40-4/h5-15,20,27H,16-19,21-22H2,1-4H3. The number of benzene rings is 3. The van der Waals surface area contributed by atoms with E-state index < -0.39 is 11.7 Å². The largest absolute Gasteiger partial charge is 0.495 e. The van der Waals surface area contributed by atoms with Crippen LogP contribution in [0.5, 0.6) is 5.75 Å². The van der Waals surface area contributed by atoms with Gasteiger partial charge in [-0.25, -0.2) is 4.79 Å². The minimum atomic E-state index is -0.627. The summed E-state index contributed by atoms with van der Waals surface area (Å²) in [5.74, 6) is 0.513. The maximum atomic E-state index is 14.5. The lowest BCUT2D eigenvalue weighted by Gasteiger charge is -2.34. The minimum Gasteiger partial charge on any atom is -0.495 e. The molecular weight excluding hydrogens is 536 g/mol. The molecule has 2 aliphatic rings. The summed E-state index contributed by atoms with van der Waals surface area (Å²) in [4.78, 5) is 31.2. The van der Waals surface area contributed by atoms with Crippen molar-refractivity contribution in [3.8, 4) is 16.9 Å². The summed E-state index contributed by atoms with van der Waals surface area (Å²) in [5, 5.41) is 0.514.